The van der Waals surface area contributed by atoms with Gasteiger partial charge in [0.2, 0.25) is 0 Å². The van der Waals surface area contributed by atoms with E-state index in [-0.39, 0.29) is 11.3 Å². The van der Waals surface area contributed by atoms with Gasteiger partial charge >= 0.3 is 0 Å². The Balaban J connectivity index is 2.85. The van der Waals surface area contributed by atoms with Crippen LogP contribution >= 0.6 is 11.3 Å². The Hall–Kier alpha value is -1.10. The fourth-order valence-corrected chi connectivity index (χ4v) is 1.16. The smallest absolute Gasteiger partial charge is 0.182 e. The first kappa shape index (κ1) is 7.01. The summed E-state index contributed by atoms with van der Waals surface area (Å²) in [7, 11) is 0. The third kappa shape index (κ3) is 1.44. The average Bonchev–Trinajstić information content (AvgIpc) is 2.15. The molecule has 0 bridgehead atoms. The van der Waals surface area contributed by atoms with Crippen molar-refractivity contribution in [3.8, 4) is 0 Å². The van der Waals surface area contributed by atoms with Gasteiger partial charge in [-0.05, 0) is 0 Å². The molecule has 1 rings (SSSR count). The van der Waals surface area contributed by atoms with Gasteiger partial charge < -0.3 is 14.5 Å². The Morgan fingerprint density at radius 3 is 3.00 bits per heavy atom. The summed E-state index contributed by atoms with van der Waals surface area (Å²) in [4.78, 5) is 10.2. The fraction of sp³-hybridized carbons (Fsp3) is 0.200. The van der Waals surface area contributed by atoms with Gasteiger partial charge in [0, 0.05) is 11.6 Å². The highest BCUT2D eigenvalue weighted by molar-refractivity contribution is 7.06. The zero-order chi connectivity index (χ0) is 7.56. The number of carboxylic acid groups (broad SMARTS) is 1. The molecule has 10 heavy (non-hydrogen) atoms. The van der Waals surface area contributed by atoms with E-state index in [1.165, 1.54) is 15.9 Å². The van der Waals surface area contributed by atoms with E-state index in [2.05, 4.69) is 0 Å². The van der Waals surface area contributed by atoms with Gasteiger partial charge in [0.05, 0.1) is 12.5 Å². The van der Waals surface area contributed by atoms with E-state index < -0.39 is 5.97 Å². The van der Waals surface area contributed by atoms with E-state index in [9.17, 15) is 9.90 Å². The van der Waals surface area contributed by atoms with Crippen LogP contribution < -0.4 is 9.91 Å². The number of nitrogens with zero attached hydrogens (tertiary/aromatic N) is 1. The van der Waals surface area contributed by atoms with Gasteiger partial charge in [-0.1, -0.05) is 0 Å². The van der Waals surface area contributed by atoms with Gasteiger partial charge in [-0.15, -0.1) is 11.3 Å². The Morgan fingerprint density at radius 1 is 1.90 bits per heavy atom. The maximum Gasteiger partial charge on any atom is 0.182 e. The van der Waals surface area contributed by atoms with Crippen LogP contribution in [0.4, 0.5) is 0 Å². The molecule has 1 N–H and O–H groups in total. The number of carbonyl (C=O) groups excluding carboxylic acids is 1. The molecule has 0 atom stereocenters. The van der Waals surface area contributed by atoms with Crippen LogP contribution in [0.3, 0.4) is 0 Å². The second-order valence-electron chi connectivity index (χ2n) is 1.71. The molecule has 0 saturated heterocycles. The standard InChI is InChI=1S/C5H6N2O2S/c6-5-7(1-2-10-5)3-4(8)9/h1-2,6H,3H2,(H,8,9)/p-1. The minimum atomic E-state index is -1.17. The van der Waals surface area contributed by atoms with Crippen molar-refractivity contribution in [2.45, 2.75) is 6.54 Å². The zero-order valence-electron chi connectivity index (χ0n) is 5.03. The molecule has 0 unspecified atom stereocenters. The van der Waals surface area contributed by atoms with Crippen LogP contribution in [0.15, 0.2) is 11.6 Å². The van der Waals surface area contributed by atoms with E-state index in [1.54, 1.807) is 11.6 Å². The molecule has 54 valence electrons. The lowest BCUT2D eigenvalue weighted by atomic mass is 10.6. The molecule has 0 aliphatic rings. The van der Waals surface area contributed by atoms with Crippen molar-refractivity contribution >= 4 is 17.3 Å². The van der Waals surface area contributed by atoms with Crippen LogP contribution in [0.5, 0.6) is 0 Å². The van der Waals surface area contributed by atoms with Crippen molar-refractivity contribution in [3.05, 3.63) is 16.4 Å². The molecule has 0 aromatic carbocycles. The summed E-state index contributed by atoms with van der Waals surface area (Å²) in [5, 5.41) is 18.8. The predicted molar refractivity (Wildman–Crippen MR) is 33.2 cm³/mol. The van der Waals surface area contributed by atoms with Crippen molar-refractivity contribution in [2.75, 3.05) is 0 Å². The first-order valence-electron chi connectivity index (χ1n) is 2.58. The maximum atomic E-state index is 10.0. The third-order valence-electron chi connectivity index (χ3n) is 0.981. The first-order valence-corrected chi connectivity index (χ1v) is 3.46. The van der Waals surface area contributed by atoms with Crippen LogP contribution in [0.25, 0.3) is 0 Å². The van der Waals surface area contributed by atoms with E-state index in [1.807, 2.05) is 0 Å². The molecular weight excluding hydrogens is 152 g/mol. The summed E-state index contributed by atoms with van der Waals surface area (Å²) in [6.07, 6.45) is 1.54. The molecule has 0 aliphatic heterocycles. The summed E-state index contributed by atoms with van der Waals surface area (Å²) in [5.74, 6) is -1.17. The van der Waals surface area contributed by atoms with E-state index >= 15 is 0 Å². The van der Waals surface area contributed by atoms with Gasteiger partial charge in [-0.2, -0.15) is 0 Å². The van der Waals surface area contributed by atoms with Gasteiger partial charge in [0.15, 0.2) is 4.80 Å². The summed E-state index contributed by atoms with van der Waals surface area (Å²) in [6, 6.07) is 0. The SMILES string of the molecule is N=c1sccn1CC(=O)[O-]. The fourth-order valence-electron chi connectivity index (χ4n) is 0.567. The lowest BCUT2D eigenvalue weighted by Crippen LogP contribution is -2.30. The van der Waals surface area contributed by atoms with Gasteiger partial charge in [-0.3, -0.25) is 5.41 Å². The molecule has 4 nitrogen and oxygen atoms in total. The molecule has 5 heteroatoms. The molecule has 0 fully saturated rings. The summed E-state index contributed by atoms with van der Waals surface area (Å²) in [6.45, 7) is -0.234. The summed E-state index contributed by atoms with van der Waals surface area (Å²) >= 11 is 1.18. The lowest BCUT2D eigenvalue weighted by Gasteiger charge is -2.00. The van der Waals surface area contributed by atoms with Crippen LogP contribution in [0, 0.1) is 5.41 Å². The molecule has 0 amide bonds. The number of thiazole rings is 1. The Bertz CT molecular complexity index is 288. The maximum absolute atomic E-state index is 10.0. The number of aliphatic carboxylic acids is 1. The van der Waals surface area contributed by atoms with E-state index in [0.717, 1.165) is 0 Å². The molecule has 1 aromatic heterocycles. The number of carboxylic acids is 1. The topological polar surface area (TPSA) is 68.9 Å². The highest BCUT2D eigenvalue weighted by Gasteiger charge is 1.91. The number of hydrogen-bond acceptors (Lipinski definition) is 4. The number of rotatable bonds is 2. The number of aromatic nitrogens is 1. The third-order valence-corrected chi connectivity index (χ3v) is 1.70. The monoisotopic (exact) mass is 157 g/mol. The number of carbonyl (C=O) groups is 1. The highest BCUT2D eigenvalue weighted by Crippen LogP contribution is 1.86. The van der Waals surface area contributed by atoms with E-state index in [0.29, 0.717) is 0 Å². The molecular formula is C5H5N2O2S-. The van der Waals surface area contributed by atoms with Gasteiger partial charge in [0.1, 0.15) is 0 Å². The van der Waals surface area contributed by atoms with Crippen LogP contribution in [0.2, 0.25) is 0 Å². The van der Waals surface area contributed by atoms with Crippen molar-refractivity contribution in [3.63, 3.8) is 0 Å². The second-order valence-corrected chi connectivity index (χ2v) is 2.60. The highest BCUT2D eigenvalue weighted by atomic mass is 32.1. The van der Waals surface area contributed by atoms with Crippen molar-refractivity contribution in [2.24, 2.45) is 0 Å². The lowest BCUT2D eigenvalue weighted by molar-refractivity contribution is -0.306. The molecule has 1 heterocycles. The van der Waals surface area contributed by atoms with Crippen molar-refractivity contribution in [1.29, 1.82) is 5.41 Å². The Labute approximate surface area is 60.9 Å². The Morgan fingerprint density at radius 2 is 2.60 bits per heavy atom. The molecule has 0 radical (unpaired) electrons. The second kappa shape index (κ2) is 2.66. The number of nitrogens with one attached hydrogen (secondary N) is 1. The molecule has 0 saturated carbocycles. The molecule has 1 aromatic rings. The molecule has 0 aliphatic carbocycles. The average molecular weight is 157 g/mol. The van der Waals surface area contributed by atoms with Crippen LogP contribution in [-0.2, 0) is 11.3 Å². The number of hydrogen-bond donors (Lipinski definition) is 1. The Kier molecular flexibility index (Phi) is 1.86. The van der Waals surface area contributed by atoms with Crippen molar-refractivity contribution < 1.29 is 9.90 Å². The minimum absolute atomic E-state index is 0.226. The zero-order valence-corrected chi connectivity index (χ0v) is 5.85. The summed E-state index contributed by atoms with van der Waals surface area (Å²) in [5.41, 5.74) is 0. The predicted octanol–water partition coefficient (Wildman–Crippen LogP) is -1.22. The van der Waals surface area contributed by atoms with Crippen molar-refractivity contribution in [1.82, 2.24) is 4.57 Å². The quantitative estimate of drug-likeness (QED) is 0.584. The van der Waals surface area contributed by atoms with Crippen LogP contribution in [-0.4, -0.2) is 10.5 Å². The van der Waals surface area contributed by atoms with Crippen LogP contribution in [0.1, 0.15) is 0 Å². The first-order chi connectivity index (χ1) is 4.70. The van der Waals surface area contributed by atoms with Gasteiger partial charge in [-0.25, -0.2) is 0 Å². The summed E-state index contributed by atoms with van der Waals surface area (Å²) < 4.78 is 1.31. The molecule has 0 spiro atoms. The largest absolute Gasteiger partial charge is 0.548 e. The minimum Gasteiger partial charge on any atom is -0.548 e. The normalized spacial score (nSPS) is 9.60. The van der Waals surface area contributed by atoms with Gasteiger partial charge in [0.25, 0.3) is 0 Å². The van der Waals surface area contributed by atoms with E-state index in [4.69, 9.17) is 5.41 Å².